The van der Waals surface area contributed by atoms with Crippen LogP contribution in [0.2, 0.25) is 0 Å². The Bertz CT molecular complexity index is 398. The van der Waals surface area contributed by atoms with Gasteiger partial charge in [-0.05, 0) is 12.8 Å². The van der Waals surface area contributed by atoms with Gasteiger partial charge in [-0.25, -0.2) is 13.1 Å². The van der Waals surface area contributed by atoms with Gasteiger partial charge in [-0.2, -0.15) is 0 Å². The van der Waals surface area contributed by atoms with E-state index in [0.29, 0.717) is 0 Å². The molecule has 7 heteroatoms. The number of nitrogens with one attached hydrogen (secondary N) is 1. The fraction of sp³-hybridized carbons (Fsp3) is 0.909. The molecule has 0 bridgehead atoms. The van der Waals surface area contributed by atoms with Crippen LogP contribution in [0.1, 0.15) is 46.0 Å². The highest BCUT2D eigenvalue weighted by Crippen LogP contribution is 2.23. The molecule has 6 nitrogen and oxygen atoms in total. The smallest absolute Gasteiger partial charge is 0.214 e. The molecular formula is C11H23N3O3S. The van der Waals surface area contributed by atoms with Crippen molar-refractivity contribution in [2.24, 2.45) is 16.3 Å². The van der Waals surface area contributed by atoms with Crippen LogP contribution in [0.25, 0.3) is 0 Å². The van der Waals surface area contributed by atoms with Crippen molar-refractivity contribution in [3.05, 3.63) is 0 Å². The average molecular weight is 277 g/mol. The van der Waals surface area contributed by atoms with E-state index >= 15 is 0 Å². The van der Waals surface area contributed by atoms with Crippen molar-refractivity contribution in [3.63, 3.8) is 0 Å². The second-order valence-electron chi connectivity index (χ2n) is 5.50. The fourth-order valence-corrected chi connectivity index (χ4v) is 3.75. The summed E-state index contributed by atoms with van der Waals surface area (Å²) >= 11 is 0. The van der Waals surface area contributed by atoms with Crippen molar-refractivity contribution in [1.29, 1.82) is 0 Å². The summed E-state index contributed by atoms with van der Waals surface area (Å²) in [6.45, 7) is 3.60. The third-order valence-electron chi connectivity index (χ3n) is 3.51. The molecule has 0 heterocycles. The van der Waals surface area contributed by atoms with Gasteiger partial charge >= 0.3 is 0 Å². The van der Waals surface area contributed by atoms with E-state index in [1.54, 1.807) is 13.8 Å². The minimum absolute atomic E-state index is 0.0221. The summed E-state index contributed by atoms with van der Waals surface area (Å²) in [7, 11) is -3.30. The third kappa shape index (κ3) is 3.84. The van der Waals surface area contributed by atoms with E-state index in [2.05, 4.69) is 9.88 Å². The Kier molecular flexibility index (Phi) is 4.98. The fourth-order valence-electron chi connectivity index (χ4n) is 2.00. The van der Waals surface area contributed by atoms with Gasteiger partial charge in [0.15, 0.2) is 0 Å². The van der Waals surface area contributed by atoms with Gasteiger partial charge in [0.2, 0.25) is 10.0 Å². The van der Waals surface area contributed by atoms with Crippen LogP contribution in [0.5, 0.6) is 0 Å². The summed E-state index contributed by atoms with van der Waals surface area (Å²) in [5.74, 6) is 0.0221. The second-order valence-corrected chi connectivity index (χ2v) is 7.54. The quantitative estimate of drug-likeness (QED) is 0.302. The van der Waals surface area contributed by atoms with Gasteiger partial charge in [0.05, 0.1) is 5.25 Å². The molecule has 1 aliphatic rings. The Morgan fingerprint density at radius 3 is 2.44 bits per heavy atom. The van der Waals surface area contributed by atoms with Crippen LogP contribution in [0.3, 0.4) is 0 Å². The maximum atomic E-state index is 12.1. The molecule has 1 saturated carbocycles. The Balaban J connectivity index is 2.61. The zero-order valence-electron chi connectivity index (χ0n) is 11.0. The van der Waals surface area contributed by atoms with Crippen molar-refractivity contribution >= 4 is 15.9 Å². The molecule has 0 atom stereocenters. The molecule has 1 rings (SSSR count). The molecule has 0 amide bonds. The summed E-state index contributed by atoms with van der Waals surface area (Å²) in [4.78, 5) is 0. The standard InChI is InChI=1S/C11H23N3O3S/c1-11(2,10(12)14-15)8-13-18(16,17)9-6-4-3-5-7-9/h9,13,15H,3-8H2,1-2H3,(H2,12,14). The van der Waals surface area contributed by atoms with E-state index in [-0.39, 0.29) is 17.6 Å². The number of nitrogens with two attached hydrogens (primary N) is 1. The van der Waals surface area contributed by atoms with E-state index in [1.165, 1.54) is 0 Å². The van der Waals surface area contributed by atoms with E-state index in [9.17, 15) is 8.42 Å². The maximum Gasteiger partial charge on any atom is 0.214 e. The van der Waals surface area contributed by atoms with Crippen molar-refractivity contribution in [2.75, 3.05) is 6.54 Å². The van der Waals surface area contributed by atoms with Crippen molar-refractivity contribution < 1.29 is 13.6 Å². The Hall–Kier alpha value is -0.820. The zero-order chi connectivity index (χ0) is 13.8. The number of rotatable bonds is 5. The molecule has 1 fully saturated rings. The van der Waals surface area contributed by atoms with Crippen LogP contribution in [0, 0.1) is 5.41 Å². The molecule has 0 unspecified atom stereocenters. The summed E-state index contributed by atoms with van der Waals surface area (Å²) in [6, 6.07) is 0. The largest absolute Gasteiger partial charge is 0.409 e. The highest BCUT2D eigenvalue weighted by atomic mass is 32.2. The SMILES string of the molecule is CC(C)(CNS(=O)(=O)C1CCCCC1)C(N)=NO. The van der Waals surface area contributed by atoms with Crippen molar-refractivity contribution in [2.45, 2.75) is 51.2 Å². The normalized spacial score (nSPS) is 20.0. The molecule has 4 N–H and O–H groups in total. The molecule has 0 aromatic carbocycles. The average Bonchev–Trinajstić information content (AvgIpc) is 2.36. The molecule has 106 valence electrons. The van der Waals surface area contributed by atoms with Gasteiger partial charge in [0.1, 0.15) is 5.84 Å². The van der Waals surface area contributed by atoms with Gasteiger partial charge < -0.3 is 10.9 Å². The Morgan fingerprint density at radius 1 is 1.39 bits per heavy atom. The predicted octanol–water partition coefficient (Wildman–Crippen LogP) is 1.01. The first-order valence-electron chi connectivity index (χ1n) is 6.26. The monoisotopic (exact) mass is 277 g/mol. The topological polar surface area (TPSA) is 105 Å². The lowest BCUT2D eigenvalue weighted by Crippen LogP contribution is -2.45. The van der Waals surface area contributed by atoms with Gasteiger partial charge in [0, 0.05) is 12.0 Å². The van der Waals surface area contributed by atoms with Crippen molar-refractivity contribution in [3.8, 4) is 0 Å². The predicted molar refractivity (Wildman–Crippen MR) is 71.0 cm³/mol. The molecule has 0 aliphatic heterocycles. The number of amidine groups is 1. The molecule has 0 radical (unpaired) electrons. The van der Waals surface area contributed by atoms with Crippen LogP contribution < -0.4 is 10.5 Å². The first-order valence-corrected chi connectivity index (χ1v) is 7.81. The van der Waals surface area contributed by atoms with Crippen LogP contribution >= 0.6 is 0 Å². The van der Waals surface area contributed by atoms with Gasteiger partial charge in [-0.3, -0.25) is 0 Å². The zero-order valence-corrected chi connectivity index (χ0v) is 11.8. The first kappa shape index (κ1) is 15.2. The Labute approximate surface area is 109 Å². The summed E-state index contributed by atoms with van der Waals surface area (Å²) in [5, 5.41) is 11.3. The molecule has 0 spiro atoms. The van der Waals surface area contributed by atoms with E-state index in [4.69, 9.17) is 10.9 Å². The lowest BCUT2D eigenvalue weighted by Gasteiger charge is -2.26. The van der Waals surface area contributed by atoms with Crippen molar-refractivity contribution in [1.82, 2.24) is 4.72 Å². The molecule has 0 aromatic heterocycles. The Morgan fingerprint density at radius 2 is 1.94 bits per heavy atom. The minimum atomic E-state index is -3.30. The molecule has 1 aliphatic carbocycles. The van der Waals surface area contributed by atoms with Gasteiger partial charge in [-0.15, -0.1) is 0 Å². The van der Waals surface area contributed by atoms with Crippen LogP contribution in [0.4, 0.5) is 0 Å². The highest BCUT2D eigenvalue weighted by Gasteiger charge is 2.31. The molecule has 0 aromatic rings. The first-order chi connectivity index (χ1) is 8.29. The number of nitrogens with zero attached hydrogens (tertiary/aromatic N) is 1. The van der Waals surface area contributed by atoms with Crippen LogP contribution in [0.15, 0.2) is 5.16 Å². The molecule has 18 heavy (non-hydrogen) atoms. The van der Waals surface area contributed by atoms with Gasteiger partial charge in [0.25, 0.3) is 0 Å². The maximum absolute atomic E-state index is 12.1. The second kappa shape index (κ2) is 5.88. The van der Waals surface area contributed by atoms with E-state index < -0.39 is 15.4 Å². The van der Waals surface area contributed by atoms with Crippen LogP contribution in [-0.2, 0) is 10.0 Å². The number of hydrogen-bond acceptors (Lipinski definition) is 4. The highest BCUT2D eigenvalue weighted by molar-refractivity contribution is 7.90. The van der Waals surface area contributed by atoms with Gasteiger partial charge in [-0.1, -0.05) is 38.3 Å². The third-order valence-corrected chi connectivity index (χ3v) is 5.40. The summed E-state index contributed by atoms with van der Waals surface area (Å²) in [5.41, 5.74) is 4.83. The number of hydrogen-bond donors (Lipinski definition) is 3. The van der Waals surface area contributed by atoms with E-state index in [0.717, 1.165) is 32.1 Å². The van der Waals surface area contributed by atoms with Crippen LogP contribution in [-0.4, -0.2) is 31.3 Å². The summed E-state index contributed by atoms with van der Waals surface area (Å²) in [6.07, 6.45) is 4.49. The minimum Gasteiger partial charge on any atom is -0.409 e. The molecular weight excluding hydrogens is 254 g/mol. The lowest BCUT2D eigenvalue weighted by molar-refractivity contribution is 0.307. The number of sulfonamides is 1. The number of oxime groups is 1. The lowest BCUT2D eigenvalue weighted by atomic mass is 9.93. The molecule has 0 saturated heterocycles. The van der Waals surface area contributed by atoms with E-state index in [1.807, 2.05) is 0 Å². The summed E-state index contributed by atoms with van der Waals surface area (Å²) < 4.78 is 26.8.